The number of thioether (sulfide) groups is 1. The number of hydrogen-bond acceptors (Lipinski definition) is 5. The normalized spacial score (nSPS) is 11.5. The lowest BCUT2D eigenvalue weighted by Gasteiger charge is -2.13. The molecule has 0 bridgehead atoms. The minimum atomic E-state index is -0.311. The molecule has 1 unspecified atom stereocenters. The molecule has 0 fully saturated rings. The van der Waals surface area contributed by atoms with Gasteiger partial charge in [0.1, 0.15) is 0 Å². The zero-order chi connectivity index (χ0) is 20.8. The van der Waals surface area contributed by atoms with E-state index in [2.05, 4.69) is 10.6 Å². The first kappa shape index (κ1) is 20.8. The molecule has 1 atom stereocenters. The minimum Gasteiger partial charge on any atom is -0.325 e. The Bertz CT molecular complexity index is 998. The molecule has 7 heteroatoms. The highest BCUT2D eigenvalue weighted by molar-refractivity contribution is 8.00. The third-order valence-electron chi connectivity index (χ3n) is 4.10. The van der Waals surface area contributed by atoms with Crippen molar-refractivity contribution in [2.75, 3.05) is 10.6 Å². The summed E-state index contributed by atoms with van der Waals surface area (Å²) >= 11 is 2.82. The van der Waals surface area contributed by atoms with Crippen molar-refractivity contribution in [2.24, 2.45) is 0 Å². The third kappa shape index (κ3) is 5.79. The predicted octanol–water partition coefficient (Wildman–Crippen LogP) is 5.32. The number of carbonyl (C=O) groups is 3. The standard InChI is InChI=1S/C22H20N2O3S2/c1-14(25)16-5-7-17(8-6-16)23-21(26)15(2)29-19-11-9-18(10-12-19)24-22(27)20-4-3-13-28-20/h3-13,15H,1-2H3,(H,23,26)(H,24,27). The van der Waals surface area contributed by atoms with Gasteiger partial charge in [0.2, 0.25) is 5.91 Å². The van der Waals surface area contributed by atoms with Crippen LogP contribution in [0.5, 0.6) is 0 Å². The Hall–Kier alpha value is -2.90. The molecule has 29 heavy (non-hydrogen) atoms. The lowest BCUT2D eigenvalue weighted by molar-refractivity contribution is -0.115. The maximum atomic E-state index is 12.4. The summed E-state index contributed by atoms with van der Waals surface area (Å²) in [6, 6.07) is 17.8. The first-order valence-electron chi connectivity index (χ1n) is 8.96. The van der Waals surface area contributed by atoms with E-state index < -0.39 is 0 Å². The van der Waals surface area contributed by atoms with Gasteiger partial charge in [-0.3, -0.25) is 14.4 Å². The van der Waals surface area contributed by atoms with Crippen LogP contribution in [0.15, 0.2) is 70.9 Å². The largest absolute Gasteiger partial charge is 0.325 e. The van der Waals surface area contributed by atoms with Gasteiger partial charge < -0.3 is 10.6 Å². The molecule has 2 N–H and O–H groups in total. The van der Waals surface area contributed by atoms with Gasteiger partial charge in [0.15, 0.2) is 5.78 Å². The van der Waals surface area contributed by atoms with Crippen molar-refractivity contribution >= 4 is 52.1 Å². The van der Waals surface area contributed by atoms with Gasteiger partial charge >= 0.3 is 0 Å². The number of thiophene rings is 1. The van der Waals surface area contributed by atoms with E-state index in [-0.39, 0.29) is 22.8 Å². The molecule has 0 aliphatic carbocycles. The number of rotatable bonds is 7. The molecule has 1 heterocycles. The van der Waals surface area contributed by atoms with Gasteiger partial charge in [0.05, 0.1) is 10.1 Å². The first-order chi connectivity index (χ1) is 13.9. The average Bonchev–Trinajstić information content (AvgIpc) is 3.25. The summed E-state index contributed by atoms with van der Waals surface area (Å²) < 4.78 is 0. The van der Waals surface area contributed by atoms with Crippen LogP contribution < -0.4 is 10.6 Å². The Kier molecular flexibility index (Phi) is 6.85. The lowest BCUT2D eigenvalue weighted by Crippen LogP contribution is -2.22. The Morgan fingerprint density at radius 1 is 0.897 bits per heavy atom. The van der Waals surface area contributed by atoms with Crippen molar-refractivity contribution in [1.82, 2.24) is 0 Å². The number of Topliss-reactive ketones (excluding diaryl/α,β-unsaturated/α-hetero) is 1. The molecule has 3 aromatic rings. The summed E-state index contributed by atoms with van der Waals surface area (Å²) in [5.41, 5.74) is 1.96. The zero-order valence-corrected chi connectivity index (χ0v) is 17.6. The molecule has 0 aliphatic heterocycles. The molecule has 0 saturated carbocycles. The highest BCUT2D eigenvalue weighted by Crippen LogP contribution is 2.26. The molecule has 0 aliphatic rings. The number of nitrogens with one attached hydrogen (secondary N) is 2. The first-order valence-corrected chi connectivity index (χ1v) is 10.7. The van der Waals surface area contributed by atoms with Crippen molar-refractivity contribution in [1.29, 1.82) is 0 Å². The monoisotopic (exact) mass is 424 g/mol. The second-order valence-electron chi connectivity index (χ2n) is 6.34. The molecule has 2 aromatic carbocycles. The summed E-state index contributed by atoms with van der Waals surface area (Å²) in [6.07, 6.45) is 0. The highest BCUT2D eigenvalue weighted by atomic mass is 32.2. The Labute approximate surface area is 177 Å². The number of ketones is 1. The molecule has 148 valence electrons. The lowest BCUT2D eigenvalue weighted by atomic mass is 10.1. The SMILES string of the molecule is CC(=O)c1ccc(NC(=O)C(C)Sc2ccc(NC(=O)c3cccs3)cc2)cc1. The summed E-state index contributed by atoms with van der Waals surface area (Å²) in [5.74, 6) is -0.272. The van der Waals surface area contributed by atoms with E-state index in [9.17, 15) is 14.4 Å². The van der Waals surface area contributed by atoms with Crippen LogP contribution in [-0.2, 0) is 4.79 Å². The highest BCUT2D eigenvalue weighted by Gasteiger charge is 2.15. The fourth-order valence-electron chi connectivity index (χ4n) is 2.51. The van der Waals surface area contributed by atoms with Crippen molar-refractivity contribution in [3.63, 3.8) is 0 Å². The molecular weight excluding hydrogens is 404 g/mol. The van der Waals surface area contributed by atoms with Gasteiger partial charge in [-0.05, 0) is 73.8 Å². The Morgan fingerprint density at radius 2 is 1.52 bits per heavy atom. The van der Waals surface area contributed by atoms with E-state index in [1.165, 1.54) is 30.0 Å². The van der Waals surface area contributed by atoms with Gasteiger partial charge in [0.25, 0.3) is 5.91 Å². The molecule has 2 amide bonds. The maximum absolute atomic E-state index is 12.4. The van der Waals surface area contributed by atoms with Crippen molar-refractivity contribution in [3.8, 4) is 0 Å². The third-order valence-corrected chi connectivity index (χ3v) is 6.08. The second kappa shape index (κ2) is 9.54. The van der Waals surface area contributed by atoms with Crippen LogP contribution >= 0.6 is 23.1 Å². The number of anilines is 2. The topological polar surface area (TPSA) is 75.3 Å². The van der Waals surface area contributed by atoms with Gasteiger partial charge in [0, 0.05) is 21.8 Å². The molecule has 3 rings (SSSR count). The molecule has 5 nitrogen and oxygen atoms in total. The molecule has 0 radical (unpaired) electrons. The Morgan fingerprint density at radius 3 is 2.10 bits per heavy atom. The van der Waals surface area contributed by atoms with Gasteiger partial charge in [-0.2, -0.15) is 0 Å². The predicted molar refractivity (Wildman–Crippen MR) is 119 cm³/mol. The smallest absolute Gasteiger partial charge is 0.265 e. The van der Waals surface area contributed by atoms with Crippen molar-refractivity contribution < 1.29 is 14.4 Å². The molecule has 0 spiro atoms. The van der Waals surface area contributed by atoms with Gasteiger partial charge in [-0.15, -0.1) is 23.1 Å². The van der Waals surface area contributed by atoms with Crippen LogP contribution in [0, 0.1) is 0 Å². The number of hydrogen-bond donors (Lipinski definition) is 2. The quantitative estimate of drug-likeness (QED) is 0.397. The summed E-state index contributed by atoms with van der Waals surface area (Å²) in [4.78, 5) is 37.4. The number of carbonyl (C=O) groups excluding carboxylic acids is 3. The minimum absolute atomic E-state index is 0.0122. The van der Waals surface area contributed by atoms with E-state index in [4.69, 9.17) is 0 Å². The molecule has 1 aromatic heterocycles. The van der Waals surface area contributed by atoms with Crippen molar-refractivity contribution in [2.45, 2.75) is 24.0 Å². The summed E-state index contributed by atoms with van der Waals surface area (Å²) in [6.45, 7) is 3.33. The maximum Gasteiger partial charge on any atom is 0.265 e. The average molecular weight is 425 g/mol. The van der Waals surface area contributed by atoms with Gasteiger partial charge in [-0.25, -0.2) is 0 Å². The van der Waals surface area contributed by atoms with E-state index in [1.807, 2.05) is 42.6 Å². The van der Waals surface area contributed by atoms with E-state index in [0.29, 0.717) is 21.8 Å². The molecular formula is C22H20N2O3S2. The second-order valence-corrected chi connectivity index (χ2v) is 8.70. The molecule has 0 saturated heterocycles. The van der Waals surface area contributed by atoms with Crippen LogP contribution in [0.25, 0.3) is 0 Å². The van der Waals surface area contributed by atoms with Crippen LogP contribution in [0.3, 0.4) is 0 Å². The van der Waals surface area contributed by atoms with Crippen molar-refractivity contribution in [3.05, 3.63) is 76.5 Å². The zero-order valence-electron chi connectivity index (χ0n) is 16.0. The van der Waals surface area contributed by atoms with Crippen LogP contribution in [0.2, 0.25) is 0 Å². The van der Waals surface area contributed by atoms with E-state index in [0.717, 1.165) is 4.90 Å². The van der Waals surface area contributed by atoms with Crippen LogP contribution in [0.4, 0.5) is 11.4 Å². The fraction of sp³-hybridized carbons (Fsp3) is 0.136. The number of benzene rings is 2. The van der Waals surface area contributed by atoms with Crippen LogP contribution in [-0.4, -0.2) is 22.8 Å². The van der Waals surface area contributed by atoms with E-state index >= 15 is 0 Å². The Balaban J connectivity index is 1.54. The summed E-state index contributed by atoms with van der Waals surface area (Å²) in [7, 11) is 0. The summed E-state index contributed by atoms with van der Waals surface area (Å²) in [5, 5.41) is 7.25. The van der Waals surface area contributed by atoms with Gasteiger partial charge in [-0.1, -0.05) is 6.07 Å². The van der Waals surface area contributed by atoms with E-state index in [1.54, 1.807) is 30.3 Å². The number of amides is 2. The fourth-order valence-corrected chi connectivity index (χ4v) is 3.99. The van der Waals surface area contributed by atoms with Crippen LogP contribution in [0.1, 0.15) is 33.9 Å².